The summed E-state index contributed by atoms with van der Waals surface area (Å²) in [5.41, 5.74) is 0.347. The molecule has 1 aromatic carbocycles. The van der Waals surface area contributed by atoms with Crippen molar-refractivity contribution in [2.45, 2.75) is 50.2 Å². The first-order chi connectivity index (χ1) is 19.0. The van der Waals surface area contributed by atoms with E-state index in [4.69, 9.17) is 14.0 Å². The number of hydrogen-bond donors (Lipinski definition) is 2. The van der Waals surface area contributed by atoms with Crippen molar-refractivity contribution in [3.05, 3.63) is 53.6 Å². The minimum atomic E-state index is -0.451. The second kappa shape index (κ2) is 11.4. The number of nitrogens with zero attached hydrogens (tertiary/aromatic N) is 5. The third kappa shape index (κ3) is 5.81. The fourth-order valence-electron chi connectivity index (χ4n) is 5.70. The maximum Gasteiger partial charge on any atom is 0.324 e. The lowest BCUT2D eigenvalue weighted by Gasteiger charge is -2.33. The molecule has 39 heavy (non-hydrogen) atoms. The van der Waals surface area contributed by atoms with E-state index in [1.165, 1.54) is 12.1 Å². The summed E-state index contributed by atoms with van der Waals surface area (Å²) in [5.74, 6) is 1.24. The molecule has 2 aromatic heterocycles. The summed E-state index contributed by atoms with van der Waals surface area (Å²) in [6.45, 7) is 6.25. The van der Waals surface area contributed by atoms with Crippen LogP contribution in [0.3, 0.4) is 0 Å². The van der Waals surface area contributed by atoms with Gasteiger partial charge in [0.1, 0.15) is 11.6 Å². The Labute approximate surface area is 225 Å². The first-order valence-electron chi connectivity index (χ1n) is 13.6. The number of nitrogens with one attached hydrogen (secondary N) is 2. The average molecular weight is 542 g/mol. The molecule has 0 radical (unpaired) electrons. The highest BCUT2D eigenvalue weighted by Crippen LogP contribution is 2.30. The van der Waals surface area contributed by atoms with E-state index in [1.54, 1.807) is 12.4 Å². The van der Waals surface area contributed by atoms with Gasteiger partial charge in [0.05, 0.1) is 25.1 Å². The van der Waals surface area contributed by atoms with Crippen molar-refractivity contribution in [3.8, 4) is 5.75 Å². The van der Waals surface area contributed by atoms with Crippen LogP contribution >= 0.6 is 0 Å². The van der Waals surface area contributed by atoms with Gasteiger partial charge in [0, 0.05) is 50.7 Å². The molecular formula is C27H33F2N7O3. The number of ether oxygens (including phenoxy) is 2. The second-order valence-electron chi connectivity index (χ2n) is 10.6. The van der Waals surface area contributed by atoms with Crippen LogP contribution in [0.1, 0.15) is 49.4 Å². The monoisotopic (exact) mass is 541 g/mol. The molecule has 0 bridgehead atoms. The normalized spacial score (nSPS) is 24.7. The predicted molar refractivity (Wildman–Crippen MR) is 139 cm³/mol. The summed E-state index contributed by atoms with van der Waals surface area (Å²) >= 11 is 0. The van der Waals surface area contributed by atoms with Crippen molar-refractivity contribution < 1.29 is 22.8 Å². The van der Waals surface area contributed by atoms with Crippen LogP contribution < -0.4 is 20.3 Å². The summed E-state index contributed by atoms with van der Waals surface area (Å²) in [5, 5.41) is 10.7. The second-order valence-corrected chi connectivity index (χ2v) is 10.6. The number of rotatable bonds is 8. The van der Waals surface area contributed by atoms with Gasteiger partial charge in [-0.2, -0.15) is 4.98 Å². The summed E-state index contributed by atoms with van der Waals surface area (Å²) in [6, 6.07) is 3.98. The van der Waals surface area contributed by atoms with Crippen molar-refractivity contribution in [2.24, 2.45) is 5.92 Å². The van der Waals surface area contributed by atoms with Crippen LogP contribution in [0.2, 0.25) is 0 Å². The largest absolute Gasteiger partial charge is 0.487 e. The van der Waals surface area contributed by atoms with Crippen molar-refractivity contribution in [1.29, 1.82) is 0 Å². The Kier molecular flexibility index (Phi) is 7.55. The fraction of sp³-hybridized carbons (Fsp3) is 0.556. The van der Waals surface area contributed by atoms with Crippen LogP contribution in [0.25, 0.3) is 0 Å². The van der Waals surface area contributed by atoms with E-state index < -0.39 is 11.6 Å². The van der Waals surface area contributed by atoms with Crippen molar-refractivity contribution in [3.63, 3.8) is 0 Å². The van der Waals surface area contributed by atoms with Crippen molar-refractivity contribution in [1.82, 2.24) is 25.4 Å². The van der Waals surface area contributed by atoms with Gasteiger partial charge in [-0.05, 0) is 55.9 Å². The van der Waals surface area contributed by atoms with Crippen LogP contribution in [0.15, 0.2) is 35.1 Å². The van der Waals surface area contributed by atoms with Crippen LogP contribution in [0, 0.1) is 17.6 Å². The lowest BCUT2D eigenvalue weighted by atomic mass is 9.92. The molecule has 10 nitrogen and oxygen atoms in total. The average Bonchev–Trinajstić information content (AvgIpc) is 3.73. The number of anilines is 2. The predicted octanol–water partition coefficient (Wildman–Crippen LogP) is 3.49. The van der Waals surface area contributed by atoms with Crippen LogP contribution in [-0.2, 0) is 4.74 Å². The van der Waals surface area contributed by atoms with Crippen LogP contribution in [0.5, 0.6) is 5.75 Å². The maximum atomic E-state index is 14.3. The zero-order chi connectivity index (χ0) is 26.8. The molecule has 208 valence electrons. The summed E-state index contributed by atoms with van der Waals surface area (Å²) < 4.78 is 45.2. The Morgan fingerprint density at radius 3 is 2.72 bits per heavy atom. The Bertz CT molecular complexity index is 1250. The molecule has 3 fully saturated rings. The SMILES string of the molecule is C[C@H](Oc1cnc(N[C@H]2CNC[C@@H]2c2cc(F)ccc2F)nc1)C1CCN(c2nc(C3CCOC3)no2)CC1. The van der Waals surface area contributed by atoms with Gasteiger partial charge in [-0.1, -0.05) is 5.16 Å². The topological polar surface area (TPSA) is 110 Å². The Morgan fingerprint density at radius 2 is 1.95 bits per heavy atom. The van der Waals surface area contributed by atoms with E-state index in [0.29, 0.717) is 48.9 Å². The number of piperidine rings is 1. The van der Waals surface area contributed by atoms with Gasteiger partial charge in [0.15, 0.2) is 11.6 Å². The highest BCUT2D eigenvalue weighted by molar-refractivity contribution is 5.34. The smallest absolute Gasteiger partial charge is 0.324 e. The third-order valence-electron chi connectivity index (χ3n) is 8.04. The molecule has 4 atom stereocenters. The van der Waals surface area contributed by atoms with Gasteiger partial charge >= 0.3 is 6.01 Å². The molecule has 6 rings (SSSR count). The molecule has 3 aliphatic rings. The van der Waals surface area contributed by atoms with Crippen LogP contribution in [0.4, 0.5) is 20.7 Å². The Hall–Kier alpha value is -3.38. The van der Waals surface area contributed by atoms with E-state index in [0.717, 1.165) is 50.8 Å². The highest BCUT2D eigenvalue weighted by Gasteiger charge is 2.32. The number of hydrogen-bond acceptors (Lipinski definition) is 10. The Balaban J connectivity index is 0.998. The standard InChI is InChI=1S/C27H33F2N7O3/c1-16(17-4-7-36(8-5-17)27-34-25(35-39-27)18-6-9-37-15-18)38-20-11-31-26(32-12-20)33-24-14-30-13-22(24)21-10-19(28)2-3-23(21)29/h2-3,10-12,16-18,22,24,30H,4-9,13-15H2,1H3,(H,31,32,33)/t16-,18?,22+,24-/m0/s1. The lowest BCUT2D eigenvalue weighted by Crippen LogP contribution is -2.38. The van der Waals surface area contributed by atoms with Gasteiger partial charge in [-0.25, -0.2) is 18.7 Å². The van der Waals surface area contributed by atoms with Crippen molar-refractivity contribution >= 4 is 12.0 Å². The molecule has 0 aliphatic carbocycles. The van der Waals surface area contributed by atoms with Crippen molar-refractivity contribution in [2.75, 3.05) is 49.6 Å². The number of aromatic nitrogens is 4. The fourth-order valence-corrected chi connectivity index (χ4v) is 5.70. The Morgan fingerprint density at radius 1 is 1.13 bits per heavy atom. The quantitative estimate of drug-likeness (QED) is 0.440. The van der Waals surface area contributed by atoms with E-state index in [9.17, 15) is 8.78 Å². The minimum Gasteiger partial charge on any atom is -0.487 e. The number of halogens is 2. The molecule has 3 saturated heterocycles. The lowest BCUT2D eigenvalue weighted by molar-refractivity contribution is 0.131. The molecule has 0 saturated carbocycles. The summed E-state index contributed by atoms with van der Waals surface area (Å²) in [7, 11) is 0. The van der Waals surface area contributed by atoms with Gasteiger partial charge in [-0.15, -0.1) is 0 Å². The molecule has 0 spiro atoms. The molecule has 3 aromatic rings. The summed E-state index contributed by atoms with van der Waals surface area (Å²) in [4.78, 5) is 15.6. The zero-order valence-corrected chi connectivity index (χ0v) is 21.9. The maximum absolute atomic E-state index is 14.3. The molecule has 12 heteroatoms. The van der Waals surface area contributed by atoms with E-state index in [2.05, 4.69) is 42.6 Å². The van der Waals surface area contributed by atoms with Gasteiger partial charge in [0.25, 0.3) is 0 Å². The van der Waals surface area contributed by atoms with E-state index in [1.807, 2.05) is 0 Å². The van der Waals surface area contributed by atoms with Gasteiger partial charge in [-0.3, -0.25) is 0 Å². The number of benzene rings is 1. The molecule has 5 heterocycles. The van der Waals surface area contributed by atoms with Gasteiger partial charge < -0.3 is 29.5 Å². The first kappa shape index (κ1) is 25.9. The van der Waals surface area contributed by atoms with Crippen LogP contribution in [-0.4, -0.2) is 71.6 Å². The highest BCUT2D eigenvalue weighted by atomic mass is 19.1. The minimum absolute atomic E-state index is 0.0113. The molecule has 1 unspecified atom stereocenters. The van der Waals surface area contributed by atoms with E-state index in [-0.39, 0.29) is 24.0 Å². The molecular weight excluding hydrogens is 508 g/mol. The summed E-state index contributed by atoms with van der Waals surface area (Å²) in [6.07, 6.45) is 6.10. The molecule has 2 N–H and O–H groups in total. The molecule has 3 aliphatic heterocycles. The first-order valence-corrected chi connectivity index (χ1v) is 13.6. The third-order valence-corrected chi connectivity index (χ3v) is 8.04. The van der Waals surface area contributed by atoms with E-state index >= 15 is 0 Å². The zero-order valence-electron chi connectivity index (χ0n) is 21.9. The molecule has 0 amide bonds. The van der Waals surface area contributed by atoms with Gasteiger partial charge in [0.2, 0.25) is 5.95 Å².